The summed E-state index contributed by atoms with van der Waals surface area (Å²) in [6.45, 7) is 6.55. The van der Waals surface area contributed by atoms with Gasteiger partial charge in [0.1, 0.15) is 5.60 Å². The summed E-state index contributed by atoms with van der Waals surface area (Å²) in [7, 11) is 0. The van der Waals surface area contributed by atoms with Gasteiger partial charge in [0.25, 0.3) is 0 Å². The summed E-state index contributed by atoms with van der Waals surface area (Å²) in [5.41, 5.74) is -0.537. The number of nitrogens with one attached hydrogen (secondary N) is 3. The van der Waals surface area contributed by atoms with E-state index in [1.807, 2.05) is 0 Å². The lowest BCUT2D eigenvalue weighted by atomic mass is 10.0. The van der Waals surface area contributed by atoms with Crippen molar-refractivity contribution in [2.24, 2.45) is 0 Å². The zero-order valence-corrected chi connectivity index (χ0v) is 10.9. The number of carbonyl (C=O) groups is 2. The van der Waals surface area contributed by atoms with Gasteiger partial charge in [0, 0.05) is 25.2 Å². The second-order valence-corrected chi connectivity index (χ2v) is 5.38. The van der Waals surface area contributed by atoms with E-state index < -0.39 is 17.8 Å². The van der Waals surface area contributed by atoms with Gasteiger partial charge in [-0.25, -0.2) is 9.59 Å². The lowest BCUT2D eigenvalue weighted by Crippen LogP contribution is -2.55. The van der Waals surface area contributed by atoms with Gasteiger partial charge in [0.2, 0.25) is 0 Å². The number of hydrogen-bond donors (Lipinski definition) is 4. The van der Waals surface area contributed by atoms with Crippen molar-refractivity contribution in [2.45, 2.75) is 44.9 Å². The van der Waals surface area contributed by atoms with Crippen LogP contribution in [0.1, 0.15) is 27.2 Å². The van der Waals surface area contributed by atoms with Crippen molar-refractivity contribution in [1.29, 1.82) is 0 Å². The molecule has 2 amide bonds. The van der Waals surface area contributed by atoms with Crippen molar-refractivity contribution < 1.29 is 19.4 Å². The maximum absolute atomic E-state index is 11.6. The van der Waals surface area contributed by atoms with Gasteiger partial charge in [-0.2, -0.15) is 0 Å². The summed E-state index contributed by atoms with van der Waals surface area (Å²) >= 11 is 0. The quantitative estimate of drug-likeness (QED) is 0.579. The van der Waals surface area contributed by atoms with Crippen LogP contribution in [0.2, 0.25) is 0 Å². The molecule has 2 atom stereocenters. The van der Waals surface area contributed by atoms with Gasteiger partial charge in [-0.1, -0.05) is 0 Å². The largest absolute Gasteiger partial charge is 0.465 e. The molecular formula is C11H21N3O4. The molecule has 0 aromatic heterocycles. The first-order valence-corrected chi connectivity index (χ1v) is 5.96. The fraction of sp³-hybridized carbons (Fsp3) is 0.818. The first-order valence-electron chi connectivity index (χ1n) is 5.96. The number of ether oxygens (including phenoxy) is 1. The van der Waals surface area contributed by atoms with Crippen LogP contribution in [0.15, 0.2) is 0 Å². The molecule has 4 N–H and O–H groups in total. The molecule has 1 fully saturated rings. The Hall–Kier alpha value is -1.50. The van der Waals surface area contributed by atoms with Gasteiger partial charge in [-0.05, 0) is 27.2 Å². The number of amides is 2. The van der Waals surface area contributed by atoms with Crippen LogP contribution in [0.3, 0.4) is 0 Å². The monoisotopic (exact) mass is 259 g/mol. The van der Waals surface area contributed by atoms with Crippen molar-refractivity contribution in [3.63, 3.8) is 0 Å². The number of carboxylic acid groups (broad SMARTS) is 1. The van der Waals surface area contributed by atoms with E-state index in [0.717, 1.165) is 0 Å². The molecule has 7 heteroatoms. The van der Waals surface area contributed by atoms with Gasteiger partial charge in [-0.3, -0.25) is 0 Å². The van der Waals surface area contributed by atoms with Gasteiger partial charge >= 0.3 is 12.2 Å². The zero-order chi connectivity index (χ0) is 13.8. The summed E-state index contributed by atoms with van der Waals surface area (Å²) in [5, 5.41) is 16.8. The molecule has 0 saturated carbocycles. The molecule has 0 aromatic rings. The third kappa shape index (κ3) is 5.72. The smallest absolute Gasteiger partial charge is 0.407 e. The number of rotatable bonds is 2. The fourth-order valence-electron chi connectivity index (χ4n) is 1.81. The SMILES string of the molecule is CC(C)(C)OC(=O)N[C@@H]1CNC[C@H](NC(=O)O)C1. The molecule has 0 radical (unpaired) electrons. The van der Waals surface area contributed by atoms with E-state index >= 15 is 0 Å². The normalized spacial score (nSPS) is 24.2. The van der Waals surface area contributed by atoms with E-state index in [2.05, 4.69) is 16.0 Å². The number of alkyl carbamates (subject to hydrolysis) is 1. The van der Waals surface area contributed by atoms with Crippen molar-refractivity contribution >= 4 is 12.2 Å². The average Bonchev–Trinajstić information content (AvgIpc) is 2.13. The summed E-state index contributed by atoms with van der Waals surface area (Å²) in [5.74, 6) is 0. The molecule has 1 heterocycles. The first kappa shape index (κ1) is 14.6. The molecule has 0 bridgehead atoms. The van der Waals surface area contributed by atoms with Gasteiger partial charge in [0.05, 0.1) is 0 Å². The summed E-state index contributed by atoms with van der Waals surface area (Å²) in [6.07, 6.45) is -0.983. The molecule has 104 valence electrons. The van der Waals surface area contributed by atoms with E-state index in [9.17, 15) is 9.59 Å². The van der Waals surface area contributed by atoms with Crippen LogP contribution >= 0.6 is 0 Å². The summed E-state index contributed by atoms with van der Waals surface area (Å²) < 4.78 is 5.14. The van der Waals surface area contributed by atoms with Crippen molar-refractivity contribution in [3.05, 3.63) is 0 Å². The third-order valence-corrected chi connectivity index (χ3v) is 2.40. The van der Waals surface area contributed by atoms with E-state index in [4.69, 9.17) is 9.84 Å². The Morgan fingerprint density at radius 2 is 1.78 bits per heavy atom. The maximum atomic E-state index is 11.6. The van der Waals surface area contributed by atoms with Crippen molar-refractivity contribution in [1.82, 2.24) is 16.0 Å². The number of piperidine rings is 1. The van der Waals surface area contributed by atoms with Crippen LogP contribution in [-0.4, -0.2) is 48.1 Å². The van der Waals surface area contributed by atoms with Gasteiger partial charge < -0.3 is 25.8 Å². The molecule has 0 unspecified atom stereocenters. The third-order valence-electron chi connectivity index (χ3n) is 2.40. The lowest BCUT2D eigenvalue weighted by molar-refractivity contribution is 0.0493. The van der Waals surface area contributed by atoms with Crippen LogP contribution in [0.4, 0.5) is 9.59 Å². The van der Waals surface area contributed by atoms with Crippen molar-refractivity contribution in [3.8, 4) is 0 Å². The fourth-order valence-corrected chi connectivity index (χ4v) is 1.81. The molecule has 0 aliphatic carbocycles. The molecule has 0 aromatic carbocycles. The molecule has 1 aliphatic heterocycles. The highest BCUT2D eigenvalue weighted by Crippen LogP contribution is 2.08. The minimum absolute atomic E-state index is 0.134. The molecule has 0 spiro atoms. The number of carbonyl (C=O) groups excluding carboxylic acids is 1. The highest BCUT2D eigenvalue weighted by Gasteiger charge is 2.25. The van der Waals surface area contributed by atoms with Crippen LogP contribution in [-0.2, 0) is 4.74 Å². The highest BCUT2D eigenvalue weighted by molar-refractivity contribution is 5.68. The van der Waals surface area contributed by atoms with Gasteiger partial charge in [0.15, 0.2) is 0 Å². The lowest BCUT2D eigenvalue weighted by Gasteiger charge is -2.31. The van der Waals surface area contributed by atoms with Gasteiger partial charge in [-0.15, -0.1) is 0 Å². The van der Waals surface area contributed by atoms with Crippen LogP contribution in [0.25, 0.3) is 0 Å². The second kappa shape index (κ2) is 5.90. The molecule has 1 aliphatic rings. The Morgan fingerprint density at radius 3 is 2.28 bits per heavy atom. The van der Waals surface area contributed by atoms with Crippen LogP contribution in [0.5, 0.6) is 0 Å². The maximum Gasteiger partial charge on any atom is 0.407 e. The molecular weight excluding hydrogens is 238 g/mol. The Kier molecular flexibility index (Phi) is 4.77. The first-order chi connectivity index (χ1) is 8.26. The molecule has 1 saturated heterocycles. The Bertz CT molecular complexity index is 314. The minimum Gasteiger partial charge on any atom is -0.465 e. The molecule has 18 heavy (non-hydrogen) atoms. The minimum atomic E-state index is -1.06. The molecule has 7 nitrogen and oxygen atoms in total. The topological polar surface area (TPSA) is 99.7 Å². The van der Waals surface area contributed by atoms with E-state index in [1.54, 1.807) is 20.8 Å². The number of hydrogen-bond acceptors (Lipinski definition) is 4. The average molecular weight is 259 g/mol. The van der Waals surface area contributed by atoms with E-state index in [1.165, 1.54) is 0 Å². The predicted molar refractivity (Wildman–Crippen MR) is 65.6 cm³/mol. The van der Waals surface area contributed by atoms with E-state index in [0.29, 0.717) is 19.5 Å². The van der Waals surface area contributed by atoms with Crippen molar-refractivity contribution in [2.75, 3.05) is 13.1 Å². The predicted octanol–water partition coefficient (Wildman–Crippen LogP) is 0.509. The Labute approximate surface area is 106 Å². The summed E-state index contributed by atoms with van der Waals surface area (Å²) in [6, 6.07) is -0.332. The Morgan fingerprint density at radius 1 is 1.22 bits per heavy atom. The standard InChI is InChI=1S/C11H21N3O4/c1-11(2,3)18-10(17)14-8-4-7(5-12-6-8)13-9(15)16/h7-8,12-13H,4-6H2,1-3H3,(H,14,17)(H,15,16)/t7-,8+/m1/s1. The summed E-state index contributed by atoms with van der Waals surface area (Å²) in [4.78, 5) is 22.1. The van der Waals surface area contributed by atoms with E-state index in [-0.39, 0.29) is 12.1 Å². The second-order valence-electron chi connectivity index (χ2n) is 5.38. The zero-order valence-electron chi connectivity index (χ0n) is 10.9. The highest BCUT2D eigenvalue weighted by atomic mass is 16.6. The van der Waals surface area contributed by atoms with Crippen LogP contribution < -0.4 is 16.0 Å². The van der Waals surface area contributed by atoms with Crippen LogP contribution in [0, 0.1) is 0 Å². The molecule has 1 rings (SSSR count). The Balaban J connectivity index is 2.38.